The molecule has 11 nitrogen and oxygen atoms in total. The van der Waals surface area contributed by atoms with Crippen LogP contribution in [0.15, 0.2) is 63.0 Å². The lowest BCUT2D eigenvalue weighted by Crippen LogP contribution is -2.47. The zero-order valence-electron chi connectivity index (χ0n) is 25.2. The summed E-state index contributed by atoms with van der Waals surface area (Å²) in [5.74, 6) is -1.49. The first-order chi connectivity index (χ1) is 21.7. The topological polar surface area (TPSA) is 133 Å². The summed E-state index contributed by atoms with van der Waals surface area (Å²) in [6.45, 7) is 5.78. The smallest absolute Gasteiger partial charge is 0.341 e. The van der Waals surface area contributed by atoms with Crippen LogP contribution in [-0.2, 0) is 13.0 Å². The second-order valence-electron chi connectivity index (χ2n) is 11.8. The van der Waals surface area contributed by atoms with Crippen LogP contribution in [0, 0.1) is 5.82 Å². The van der Waals surface area contributed by atoms with Crippen molar-refractivity contribution in [3.05, 3.63) is 96.7 Å². The number of benzene rings is 2. The van der Waals surface area contributed by atoms with E-state index in [4.69, 9.17) is 0 Å². The van der Waals surface area contributed by atoms with Gasteiger partial charge in [-0.25, -0.2) is 14.0 Å². The number of pyridine rings is 1. The molecular formula is C33H37FN6O5. The third kappa shape index (κ3) is 6.56. The minimum absolute atomic E-state index is 0.0901. The number of carboxylic acids is 1. The SMILES string of the molecule is CCc1cccc(Nc2cc(=O)n(CCCCN3CCN(c4cc5c(cc4F)c(=O)c(C(=O)O)cn5C4CC4)CC3)c(=O)[nH]2)c1. The number of hydrogen-bond donors (Lipinski definition) is 3. The summed E-state index contributed by atoms with van der Waals surface area (Å²) >= 11 is 0. The number of carboxylic acid groups (broad SMARTS) is 1. The van der Waals surface area contributed by atoms with Crippen LogP contribution >= 0.6 is 0 Å². The maximum Gasteiger partial charge on any atom is 0.341 e. The summed E-state index contributed by atoms with van der Waals surface area (Å²) in [5, 5.41) is 12.7. The number of piperazine rings is 1. The van der Waals surface area contributed by atoms with Crippen LogP contribution < -0.4 is 26.9 Å². The number of nitrogens with one attached hydrogen (secondary N) is 2. The number of halogens is 1. The Morgan fingerprint density at radius 1 is 1.02 bits per heavy atom. The predicted molar refractivity (Wildman–Crippen MR) is 172 cm³/mol. The van der Waals surface area contributed by atoms with E-state index in [1.54, 1.807) is 6.07 Å². The number of aryl methyl sites for hydroxylation is 1. The minimum atomic E-state index is -1.31. The van der Waals surface area contributed by atoms with Crippen LogP contribution in [-0.4, -0.2) is 62.8 Å². The van der Waals surface area contributed by atoms with Crippen molar-refractivity contribution >= 4 is 34.1 Å². The average molecular weight is 617 g/mol. The summed E-state index contributed by atoms with van der Waals surface area (Å²) in [7, 11) is 0. The number of rotatable bonds is 11. The second kappa shape index (κ2) is 12.7. The molecule has 4 aromatic rings. The normalized spacial score (nSPS) is 15.5. The molecule has 0 amide bonds. The van der Waals surface area contributed by atoms with Crippen molar-refractivity contribution in [3.8, 4) is 0 Å². The second-order valence-corrected chi connectivity index (χ2v) is 11.8. The molecule has 0 atom stereocenters. The molecule has 3 N–H and O–H groups in total. The molecule has 1 saturated carbocycles. The molecule has 236 valence electrons. The molecule has 6 rings (SSSR count). The lowest BCUT2D eigenvalue weighted by molar-refractivity contribution is 0.0695. The van der Waals surface area contributed by atoms with E-state index in [-0.39, 0.29) is 22.6 Å². The van der Waals surface area contributed by atoms with Crippen LogP contribution in [0.1, 0.15) is 54.6 Å². The summed E-state index contributed by atoms with van der Waals surface area (Å²) < 4.78 is 18.3. The van der Waals surface area contributed by atoms with Crippen molar-refractivity contribution in [1.29, 1.82) is 0 Å². The van der Waals surface area contributed by atoms with Crippen LogP contribution in [0.3, 0.4) is 0 Å². The maximum atomic E-state index is 15.3. The van der Waals surface area contributed by atoms with Gasteiger partial charge in [0.05, 0.1) is 11.2 Å². The molecule has 0 bridgehead atoms. The van der Waals surface area contributed by atoms with Crippen molar-refractivity contribution < 1.29 is 14.3 Å². The summed E-state index contributed by atoms with van der Waals surface area (Å²) in [6, 6.07) is 12.2. The highest BCUT2D eigenvalue weighted by molar-refractivity contribution is 5.93. The zero-order valence-corrected chi connectivity index (χ0v) is 25.2. The van der Waals surface area contributed by atoms with Gasteiger partial charge in [-0.05, 0) is 68.5 Å². The Morgan fingerprint density at radius 3 is 2.47 bits per heavy atom. The maximum absolute atomic E-state index is 15.3. The van der Waals surface area contributed by atoms with Gasteiger partial charge >= 0.3 is 11.7 Å². The Morgan fingerprint density at radius 2 is 1.78 bits per heavy atom. The van der Waals surface area contributed by atoms with Crippen LogP contribution in [0.5, 0.6) is 0 Å². The highest BCUT2D eigenvalue weighted by atomic mass is 19.1. The number of aromatic amines is 1. The van der Waals surface area contributed by atoms with Gasteiger partial charge < -0.3 is 19.9 Å². The van der Waals surface area contributed by atoms with Gasteiger partial charge in [0.2, 0.25) is 5.43 Å². The zero-order chi connectivity index (χ0) is 31.7. The van der Waals surface area contributed by atoms with Crippen molar-refractivity contribution in [2.45, 2.75) is 51.6 Å². The number of anilines is 3. The van der Waals surface area contributed by atoms with E-state index in [2.05, 4.69) is 22.1 Å². The Kier molecular flexibility index (Phi) is 8.57. The van der Waals surface area contributed by atoms with Gasteiger partial charge in [0, 0.05) is 62.1 Å². The molecule has 2 aromatic carbocycles. The van der Waals surface area contributed by atoms with Gasteiger partial charge in [0.15, 0.2) is 0 Å². The van der Waals surface area contributed by atoms with Crippen molar-refractivity contribution in [3.63, 3.8) is 0 Å². The molecule has 45 heavy (non-hydrogen) atoms. The third-order valence-corrected chi connectivity index (χ3v) is 8.73. The lowest BCUT2D eigenvalue weighted by Gasteiger charge is -2.36. The van der Waals surface area contributed by atoms with Gasteiger partial charge in [0.1, 0.15) is 17.2 Å². The van der Waals surface area contributed by atoms with E-state index in [9.17, 15) is 24.3 Å². The number of H-pyrrole nitrogens is 1. The van der Waals surface area contributed by atoms with Gasteiger partial charge in [-0.3, -0.25) is 24.0 Å². The molecule has 1 saturated heterocycles. The first kappa shape index (κ1) is 30.3. The van der Waals surface area contributed by atoms with E-state index in [1.807, 2.05) is 33.7 Å². The molecular weight excluding hydrogens is 579 g/mol. The number of unbranched alkanes of at least 4 members (excludes halogenated alkanes) is 1. The van der Waals surface area contributed by atoms with E-state index in [0.29, 0.717) is 56.2 Å². The number of aromatic carboxylic acids is 1. The Bertz CT molecular complexity index is 1890. The number of aromatic nitrogens is 3. The number of nitrogens with zero attached hydrogens (tertiary/aromatic N) is 4. The fraction of sp³-hybridized carbons (Fsp3) is 0.394. The molecule has 2 fully saturated rings. The van der Waals surface area contributed by atoms with Crippen molar-refractivity contribution in [2.24, 2.45) is 0 Å². The first-order valence-corrected chi connectivity index (χ1v) is 15.5. The van der Waals surface area contributed by atoms with Crippen molar-refractivity contribution in [1.82, 2.24) is 19.0 Å². The number of hydrogen-bond acceptors (Lipinski definition) is 7. The molecule has 1 aliphatic carbocycles. The number of fused-ring (bicyclic) bond motifs is 1. The van der Waals surface area contributed by atoms with Gasteiger partial charge in [-0.2, -0.15) is 0 Å². The van der Waals surface area contributed by atoms with Crippen LogP contribution in [0.25, 0.3) is 10.9 Å². The fourth-order valence-electron chi connectivity index (χ4n) is 6.05. The fourth-order valence-corrected chi connectivity index (χ4v) is 6.05. The third-order valence-electron chi connectivity index (χ3n) is 8.73. The van der Waals surface area contributed by atoms with Crippen molar-refractivity contribution in [2.75, 3.05) is 42.9 Å². The number of carbonyl (C=O) groups is 1. The van der Waals surface area contributed by atoms with E-state index in [1.165, 1.54) is 22.9 Å². The molecule has 3 heterocycles. The summed E-state index contributed by atoms with van der Waals surface area (Å²) in [5.41, 5.74) is 1.11. The quantitative estimate of drug-likeness (QED) is 0.216. The average Bonchev–Trinajstić information content (AvgIpc) is 3.86. The lowest BCUT2D eigenvalue weighted by atomic mass is 10.1. The van der Waals surface area contributed by atoms with E-state index < -0.39 is 22.9 Å². The van der Waals surface area contributed by atoms with Gasteiger partial charge in [0.25, 0.3) is 5.56 Å². The largest absolute Gasteiger partial charge is 0.477 e. The van der Waals surface area contributed by atoms with Crippen LogP contribution in [0.2, 0.25) is 0 Å². The highest BCUT2D eigenvalue weighted by Gasteiger charge is 2.28. The molecule has 0 unspecified atom stereocenters. The Labute approximate surface area is 258 Å². The van der Waals surface area contributed by atoms with E-state index in [0.717, 1.165) is 43.5 Å². The minimum Gasteiger partial charge on any atom is -0.477 e. The van der Waals surface area contributed by atoms with Crippen LogP contribution in [0.4, 0.5) is 21.6 Å². The summed E-state index contributed by atoms with van der Waals surface area (Å²) in [4.78, 5) is 56.7. The van der Waals surface area contributed by atoms with Gasteiger partial charge in [-0.1, -0.05) is 19.1 Å². The monoisotopic (exact) mass is 616 g/mol. The first-order valence-electron chi connectivity index (χ1n) is 15.5. The predicted octanol–water partition coefficient (Wildman–Crippen LogP) is 3.93. The molecule has 2 aliphatic rings. The molecule has 0 radical (unpaired) electrons. The van der Waals surface area contributed by atoms with E-state index >= 15 is 4.39 Å². The molecule has 1 aliphatic heterocycles. The molecule has 12 heteroatoms. The standard InChI is InChI=1S/C33H37FN6O5/c1-2-21-6-5-7-22(16-21)35-29-19-30(41)39(33(45)36-29)11-4-3-10-37-12-14-38(15-13-37)28-18-27-24(17-26(28)34)31(42)25(32(43)44)20-40(27)23-8-9-23/h5-7,16-20,23,35H,2-4,8-15H2,1H3,(H,36,45)(H,43,44). The molecule has 0 spiro atoms. The highest BCUT2D eigenvalue weighted by Crippen LogP contribution is 2.38. The Balaban J connectivity index is 1.04. The molecule has 2 aromatic heterocycles. The summed E-state index contributed by atoms with van der Waals surface area (Å²) in [6.07, 6.45) is 5.51. The Hall–Kier alpha value is -4.71. The van der Waals surface area contributed by atoms with Gasteiger partial charge in [-0.15, -0.1) is 0 Å².